The summed E-state index contributed by atoms with van der Waals surface area (Å²) in [6, 6.07) is 7.16. The van der Waals surface area contributed by atoms with Gasteiger partial charge in [0.05, 0.1) is 18.5 Å². The molecular weight excluding hydrogens is 469 g/mol. The summed E-state index contributed by atoms with van der Waals surface area (Å²) in [5, 5.41) is 21.9. The molecule has 36 heavy (non-hydrogen) atoms. The second kappa shape index (κ2) is 9.59. The number of ether oxygens (including phenoxy) is 2. The number of pyridine rings is 1. The number of alkyl carbamates (subject to hydrolysis) is 1. The number of H-pyrrole nitrogens is 1. The van der Waals surface area contributed by atoms with Gasteiger partial charge in [-0.05, 0) is 19.9 Å². The van der Waals surface area contributed by atoms with Crippen molar-refractivity contribution >= 4 is 23.5 Å². The highest BCUT2D eigenvalue weighted by Gasteiger charge is 2.42. The average molecular weight is 491 g/mol. The second-order valence-electron chi connectivity index (χ2n) is 8.44. The number of nitrogens with one attached hydrogen (secondary N) is 3. The van der Waals surface area contributed by atoms with E-state index < -0.39 is 24.5 Å². The molecule has 1 aliphatic heterocycles. The first-order valence-electron chi connectivity index (χ1n) is 11.2. The number of imidazole rings is 1. The fraction of sp³-hybridized carbons (Fsp3) is 0.304. The lowest BCUT2D eigenvalue weighted by molar-refractivity contribution is 0.0615. The van der Waals surface area contributed by atoms with Gasteiger partial charge < -0.3 is 20.1 Å². The molecule has 0 aliphatic carbocycles. The van der Waals surface area contributed by atoms with Gasteiger partial charge in [-0.2, -0.15) is 10.4 Å². The van der Waals surface area contributed by atoms with Gasteiger partial charge >= 0.3 is 6.09 Å². The number of aromatic amines is 1. The molecule has 5 rings (SSSR count). The molecule has 4 aromatic heterocycles. The number of hydrogen-bond acceptors (Lipinski definition) is 9. The SMILES string of the molecule is CC(C)NC(=O)O[C@@H]1CO[C@H](c2cc(Nc3ncc(-c4cccnc4)c4nc(C#N)cn34)n[nH]2)[C@@H]1F. The zero-order valence-electron chi connectivity index (χ0n) is 19.3. The Morgan fingerprint density at radius 1 is 1.42 bits per heavy atom. The van der Waals surface area contributed by atoms with E-state index in [1.54, 1.807) is 55.2 Å². The fourth-order valence-corrected chi connectivity index (χ4v) is 3.86. The maximum Gasteiger partial charge on any atom is 0.407 e. The quantitative estimate of drug-likeness (QED) is 0.369. The minimum absolute atomic E-state index is 0.0803. The van der Waals surface area contributed by atoms with E-state index in [4.69, 9.17) is 9.47 Å². The van der Waals surface area contributed by atoms with Crippen molar-refractivity contribution in [2.75, 3.05) is 11.9 Å². The first kappa shape index (κ1) is 23.2. The van der Waals surface area contributed by atoms with Crippen LogP contribution in [0.15, 0.2) is 43.0 Å². The van der Waals surface area contributed by atoms with Gasteiger partial charge in [0, 0.05) is 41.8 Å². The molecule has 12 nitrogen and oxygen atoms in total. The summed E-state index contributed by atoms with van der Waals surface area (Å²) in [6.45, 7) is 3.48. The molecule has 4 aromatic rings. The van der Waals surface area contributed by atoms with Gasteiger partial charge in [-0.25, -0.2) is 19.2 Å². The van der Waals surface area contributed by atoms with Crippen LogP contribution in [0.5, 0.6) is 0 Å². The molecule has 13 heteroatoms. The minimum atomic E-state index is -1.58. The molecule has 0 spiro atoms. The van der Waals surface area contributed by atoms with Crippen molar-refractivity contribution in [1.29, 1.82) is 5.26 Å². The molecular formula is C23H22FN9O3. The van der Waals surface area contributed by atoms with Crippen LogP contribution < -0.4 is 10.6 Å². The van der Waals surface area contributed by atoms with Crippen LogP contribution in [-0.4, -0.2) is 60.6 Å². The minimum Gasteiger partial charge on any atom is -0.441 e. The Morgan fingerprint density at radius 3 is 3.03 bits per heavy atom. The summed E-state index contributed by atoms with van der Waals surface area (Å²) in [5.74, 6) is 0.693. The van der Waals surface area contributed by atoms with Crippen molar-refractivity contribution in [3.05, 3.63) is 54.4 Å². The van der Waals surface area contributed by atoms with E-state index >= 15 is 0 Å². The van der Waals surface area contributed by atoms with Crippen molar-refractivity contribution in [3.8, 4) is 17.2 Å². The monoisotopic (exact) mass is 491 g/mol. The third-order valence-corrected chi connectivity index (χ3v) is 5.47. The largest absolute Gasteiger partial charge is 0.441 e. The van der Waals surface area contributed by atoms with Crippen LogP contribution in [0.2, 0.25) is 0 Å². The van der Waals surface area contributed by atoms with E-state index in [1.165, 1.54) is 0 Å². The van der Waals surface area contributed by atoms with Crippen molar-refractivity contribution in [3.63, 3.8) is 0 Å². The van der Waals surface area contributed by atoms with Crippen LogP contribution in [0, 0.1) is 11.3 Å². The van der Waals surface area contributed by atoms with E-state index in [1.807, 2.05) is 12.1 Å². The van der Waals surface area contributed by atoms with Gasteiger partial charge in [-0.3, -0.25) is 14.5 Å². The van der Waals surface area contributed by atoms with Crippen molar-refractivity contribution in [1.82, 2.24) is 34.9 Å². The predicted octanol–water partition coefficient (Wildman–Crippen LogP) is 3.04. The molecule has 184 valence electrons. The van der Waals surface area contributed by atoms with Crippen LogP contribution in [0.25, 0.3) is 16.8 Å². The Hall–Kier alpha value is -4.57. The average Bonchev–Trinajstić information content (AvgIpc) is 3.59. The Morgan fingerprint density at radius 2 is 2.28 bits per heavy atom. The highest BCUT2D eigenvalue weighted by molar-refractivity contribution is 5.78. The third kappa shape index (κ3) is 4.53. The second-order valence-corrected chi connectivity index (χ2v) is 8.44. The molecule has 0 saturated carbocycles. The molecule has 1 fully saturated rings. The number of rotatable bonds is 6. The number of anilines is 2. The number of carbonyl (C=O) groups excluding carboxylic acids is 1. The smallest absolute Gasteiger partial charge is 0.407 e. The summed E-state index contributed by atoms with van der Waals surface area (Å²) < 4.78 is 27.3. The summed E-state index contributed by atoms with van der Waals surface area (Å²) in [5.41, 5.74) is 2.59. The van der Waals surface area contributed by atoms with Gasteiger partial charge in [0.15, 0.2) is 29.4 Å². The Balaban J connectivity index is 1.35. The lowest BCUT2D eigenvalue weighted by Crippen LogP contribution is -2.36. The Bertz CT molecular complexity index is 1430. The maximum atomic E-state index is 15.0. The summed E-state index contributed by atoms with van der Waals surface area (Å²) in [4.78, 5) is 24.8. The van der Waals surface area contributed by atoms with Crippen molar-refractivity contribution < 1.29 is 18.7 Å². The number of carbonyl (C=O) groups is 1. The molecule has 3 N–H and O–H groups in total. The molecule has 1 aliphatic rings. The molecule has 0 bridgehead atoms. The number of fused-ring (bicyclic) bond motifs is 1. The van der Waals surface area contributed by atoms with E-state index in [2.05, 4.69) is 35.8 Å². The number of amides is 1. The maximum absolute atomic E-state index is 15.0. The summed E-state index contributed by atoms with van der Waals surface area (Å²) in [6.07, 6.45) is 2.23. The lowest BCUT2D eigenvalue weighted by Gasteiger charge is -2.16. The number of nitrogens with zero attached hydrogens (tertiary/aromatic N) is 6. The highest BCUT2D eigenvalue weighted by atomic mass is 19.1. The number of alkyl halides is 1. The topological polar surface area (TPSA) is 155 Å². The molecule has 0 radical (unpaired) electrons. The van der Waals surface area contributed by atoms with Crippen LogP contribution in [-0.2, 0) is 9.47 Å². The molecule has 0 aromatic carbocycles. The van der Waals surface area contributed by atoms with Gasteiger partial charge in [-0.1, -0.05) is 6.07 Å². The Kier molecular flexibility index (Phi) is 6.17. The van der Waals surface area contributed by atoms with Gasteiger partial charge in [-0.15, -0.1) is 0 Å². The molecule has 0 unspecified atom stereocenters. The molecule has 5 heterocycles. The zero-order chi connectivity index (χ0) is 25.2. The summed E-state index contributed by atoms with van der Waals surface area (Å²) >= 11 is 0. The van der Waals surface area contributed by atoms with Crippen LogP contribution in [0.4, 0.5) is 21.0 Å². The van der Waals surface area contributed by atoms with Gasteiger partial charge in [0.1, 0.15) is 12.2 Å². The van der Waals surface area contributed by atoms with Crippen molar-refractivity contribution in [2.24, 2.45) is 0 Å². The van der Waals surface area contributed by atoms with E-state index in [0.717, 1.165) is 5.56 Å². The Labute approximate surface area is 204 Å². The number of aromatic nitrogens is 6. The van der Waals surface area contributed by atoms with Crippen LogP contribution in [0.1, 0.15) is 31.3 Å². The number of nitriles is 1. The first-order chi connectivity index (χ1) is 17.4. The van der Waals surface area contributed by atoms with Gasteiger partial charge in [0.2, 0.25) is 5.95 Å². The lowest BCUT2D eigenvalue weighted by atomic mass is 10.1. The molecule has 1 saturated heterocycles. The van der Waals surface area contributed by atoms with E-state index in [9.17, 15) is 14.4 Å². The van der Waals surface area contributed by atoms with Crippen molar-refractivity contribution in [2.45, 2.75) is 38.3 Å². The standard InChI is InChI=1S/C23H22FN9O3/c1-12(2)28-23(34)36-17-11-35-20(19(17)24)16-6-18(32-31-16)30-22-27-9-15(13-4-3-5-26-8-13)21-29-14(7-25)10-33(21)22/h3-6,8-10,12,17,19-20H,11H2,1-2H3,(H,28,34)(H2,27,30,31,32)/t17-,19-,20-/m1/s1. The summed E-state index contributed by atoms with van der Waals surface area (Å²) in [7, 11) is 0. The van der Waals surface area contributed by atoms with Crippen LogP contribution >= 0.6 is 0 Å². The highest BCUT2D eigenvalue weighted by Crippen LogP contribution is 2.34. The van der Waals surface area contributed by atoms with Gasteiger partial charge in [0.25, 0.3) is 0 Å². The van der Waals surface area contributed by atoms with E-state index in [0.29, 0.717) is 28.7 Å². The molecule has 1 amide bonds. The zero-order valence-corrected chi connectivity index (χ0v) is 19.3. The van der Waals surface area contributed by atoms with Crippen LogP contribution in [0.3, 0.4) is 0 Å². The third-order valence-electron chi connectivity index (χ3n) is 5.47. The number of halogens is 1. The normalized spacial score (nSPS) is 19.4. The van der Waals surface area contributed by atoms with E-state index in [-0.39, 0.29) is 18.3 Å². The molecule has 3 atom stereocenters. The predicted molar refractivity (Wildman–Crippen MR) is 125 cm³/mol. The number of hydrogen-bond donors (Lipinski definition) is 3. The first-order valence-corrected chi connectivity index (χ1v) is 11.2. The fourth-order valence-electron chi connectivity index (χ4n) is 3.86.